The number of hydrogen-bond acceptors (Lipinski definition) is 3. The molecule has 1 aromatic rings. The predicted molar refractivity (Wildman–Crippen MR) is 92.1 cm³/mol. The highest BCUT2D eigenvalue weighted by Crippen LogP contribution is 2.22. The van der Waals surface area contributed by atoms with E-state index in [4.69, 9.17) is 34.0 Å². The normalized spacial score (nSPS) is 12.2. The lowest BCUT2D eigenvalue weighted by atomic mass is 10.1. The quantitative estimate of drug-likeness (QED) is 0.491. The van der Waals surface area contributed by atoms with Gasteiger partial charge in [0.25, 0.3) is 0 Å². The second-order valence-electron chi connectivity index (χ2n) is 4.29. The number of carboxylic acid groups (broad SMARTS) is 1. The lowest BCUT2D eigenvalue weighted by Gasteiger charge is -2.23. The molecule has 0 heterocycles. The molecule has 0 spiro atoms. The molecule has 7 heteroatoms. The van der Waals surface area contributed by atoms with E-state index in [1.165, 1.54) is 0 Å². The van der Waals surface area contributed by atoms with E-state index < -0.39 is 12.0 Å². The Morgan fingerprint density at radius 2 is 1.95 bits per heavy atom. The Morgan fingerprint density at radius 3 is 2.40 bits per heavy atom. The molecule has 0 aliphatic heterocycles. The first-order chi connectivity index (χ1) is 9.49. The largest absolute Gasteiger partial charge is 0.480 e. The first-order valence-electron chi connectivity index (χ1n) is 6.13. The molecule has 0 radical (unpaired) electrons. The third-order valence-corrected chi connectivity index (χ3v) is 4.21. The number of carboxylic acids is 1. The summed E-state index contributed by atoms with van der Waals surface area (Å²) < 4.78 is 0.992. The van der Waals surface area contributed by atoms with Crippen LogP contribution in [0.5, 0.6) is 0 Å². The van der Waals surface area contributed by atoms with Crippen molar-refractivity contribution in [2.75, 3.05) is 29.7 Å². The standard InChI is InChI=1S/C13H17Cl2IN2O2/c14-3-5-18(6-4-15)10-2-1-9(11(16)8-10)7-12(17)13(19)20/h1-2,8,12H,3-7,17H2,(H,19,20)/t12-/m0/s1. The number of anilines is 1. The van der Waals surface area contributed by atoms with Crippen LogP contribution in [0.2, 0.25) is 0 Å². The molecular weight excluding hydrogens is 414 g/mol. The summed E-state index contributed by atoms with van der Waals surface area (Å²) in [7, 11) is 0. The molecular formula is C13H17Cl2IN2O2. The number of halogens is 3. The molecule has 1 atom stereocenters. The molecule has 0 bridgehead atoms. The van der Waals surface area contributed by atoms with Gasteiger partial charge >= 0.3 is 5.97 Å². The summed E-state index contributed by atoms with van der Waals surface area (Å²) in [6.07, 6.45) is 0.318. The van der Waals surface area contributed by atoms with Crippen molar-refractivity contribution in [3.8, 4) is 0 Å². The maximum Gasteiger partial charge on any atom is 0.320 e. The number of benzene rings is 1. The van der Waals surface area contributed by atoms with Gasteiger partial charge in [0.05, 0.1) is 0 Å². The molecule has 1 rings (SSSR count). The lowest BCUT2D eigenvalue weighted by molar-refractivity contribution is -0.138. The minimum Gasteiger partial charge on any atom is -0.480 e. The Kier molecular flexibility index (Phi) is 7.94. The fraction of sp³-hybridized carbons (Fsp3) is 0.462. The Labute approximate surface area is 142 Å². The van der Waals surface area contributed by atoms with Gasteiger partial charge in [0, 0.05) is 34.1 Å². The Hall–Kier alpha value is -0.240. The summed E-state index contributed by atoms with van der Waals surface area (Å²) in [6, 6.07) is 4.99. The van der Waals surface area contributed by atoms with Crippen LogP contribution in [0.25, 0.3) is 0 Å². The highest BCUT2D eigenvalue weighted by atomic mass is 127. The summed E-state index contributed by atoms with van der Waals surface area (Å²) in [6.45, 7) is 1.44. The third-order valence-electron chi connectivity index (χ3n) is 2.87. The number of hydrogen-bond donors (Lipinski definition) is 2. The van der Waals surface area contributed by atoms with Crippen molar-refractivity contribution < 1.29 is 9.90 Å². The van der Waals surface area contributed by atoms with Crippen LogP contribution < -0.4 is 10.6 Å². The average Bonchev–Trinajstić information content (AvgIpc) is 2.40. The van der Waals surface area contributed by atoms with Gasteiger partial charge in [-0.3, -0.25) is 4.79 Å². The van der Waals surface area contributed by atoms with Crippen LogP contribution in [0.1, 0.15) is 5.56 Å². The molecule has 0 saturated heterocycles. The van der Waals surface area contributed by atoms with Crippen LogP contribution in [-0.2, 0) is 11.2 Å². The summed E-state index contributed by atoms with van der Waals surface area (Å²) >= 11 is 13.8. The van der Waals surface area contributed by atoms with Crippen LogP contribution in [0, 0.1) is 3.57 Å². The van der Waals surface area contributed by atoms with Gasteiger partial charge in [-0.05, 0) is 46.7 Å². The van der Waals surface area contributed by atoms with E-state index in [1.807, 2.05) is 18.2 Å². The van der Waals surface area contributed by atoms with Crippen molar-refractivity contribution in [3.05, 3.63) is 27.3 Å². The molecule has 0 saturated carbocycles. The third kappa shape index (κ3) is 5.27. The zero-order chi connectivity index (χ0) is 15.1. The van der Waals surface area contributed by atoms with Crippen LogP contribution in [0.4, 0.5) is 5.69 Å². The predicted octanol–water partition coefficient (Wildman–Crippen LogP) is 2.53. The summed E-state index contributed by atoms with van der Waals surface area (Å²) in [5.74, 6) is 0.0638. The molecule has 4 nitrogen and oxygen atoms in total. The highest BCUT2D eigenvalue weighted by Gasteiger charge is 2.15. The Balaban J connectivity index is 2.88. The maximum atomic E-state index is 10.8. The summed E-state index contributed by atoms with van der Waals surface area (Å²) in [4.78, 5) is 12.9. The van der Waals surface area contributed by atoms with Crippen LogP contribution in [0.15, 0.2) is 18.2 Å². The SMILES string of the molecule is N[C@@H](Cc1ccc(N(CCCl)CCCl)cc1I)C(=O)O. The molecule has 0 aliphatic carbocycles. The fourth-order valence-corrected chi connectivity index (χ4v) is 2.92. The van der Waals surface area contributed by atoms with Crippen LogP contribution in [-0.4, -0.2) is 42.0 Å². The van der Waals surface area contributed by atoms with Crippen molar-refractivity contribution in [3.63, 3.8) is 0 Å². The van der Waals surface area contributed by atoms with Gasteiger partial charge in [-0.25, -0.2) is 0 Å². The van der Waals surface area contributed by atoms with Crippen LogP contribution in [0.3, 0.4) is 0 Å². The number of nitrogens with two attached hydrogens (primary N) is 1. The summed E-state index contributed by atoms with van der Waals surface area (Å²) in [5, 5.41) is 8.85. The van der Waals surface area contributed by atoms with Crippen molar-refractivity contribution in [2.45, 2.75) is 12.5 Å². The molecule has 20 heavy (non-hydrogen) atoms. The number of aliphatic carboxylic acids is 1. The van der Waals surface area contributed by atoms with Crippen molar-refractivity contribution in [1.29, 1.82) is 0 Å². The molecule has 0 aliphatic rings. The zero-order valence-electron chi connectivity index (χ0n) is 10.9. The number of carbonyl (C=O) groups is 1. The van der Waals surface area contributed by atoms with Gasteiger partial charge in [0.15, 0.2) is 0 Å². The fourth-order valence-electron chi connectivity index (χ4n) is 1.80. The second kappa shape index (κ2) is 8.92. The van der Waals surface area contributed by atoms with E-state index in [2.05, 4.69) is 27.5 Å². The first-order valence-corrected chi connectivity index (χ1v) is 8.28. The monoisotopic (exact) mass is 430 g/mol. The van der Waals surface area contributed by atoms with E-state index in [0.29, 0.717) is 18.2 Å². The minimum atomic E-state index is -0.990. The molecule has 3 N–H and O–H groups in total. The van der Waals surface area contributed by atoms with Crippen molar-refractivity contribution in [1.82, 2.24) is 0 Å². The number of rotatable bonds is 8. The Morgan fingerprint density at radius 1 is 1.35 bits per heavy atom. The van der Waals surface area contributed by atoms with E-state index in [0.717, 1.165) is 27.9 Å². The Bertz CT molecular complexity index is 454. The van der Waals surface area contributed by atoms with E-state index in [-0.39, 0.29) is 0 Å². The molecule has 0 fully saturated rings. The van der Waals surface area contributed by atoms with Gasteiger partial charge in [0.1, 0.15) is 6.04 Å². The van der Waals surface area contributed by atoms with Crippen LogP contribution >= 0.6 is 45.8 Å². The summed E-state index contributed by atoms with van der Waals surface area (Å²) in [5.41, 5.74) is 7.52. The maximum absolute atomic E-state index is 10.8. The van der Waals surface area contributed by atoms with Gasteiger partial charge in [0.2, 0.25) is 0 Å². The van der Waals surface area contributed by atoms with E-state index >= 15 is 0 Å². The highest BCUT2D eigenvalue weighted by molar-refractivity contribution is 14.1. The topological polar surface area (TPSA) is 66.6 Å². The number of alkyl halides is 2. The second-order valence-corrected chi connectivity index (χ2v) is 6.21. The van der Waals surface area contributed by atoms with Gasteiger partial charge in [-0.15, -0.1) is 23.2 Å². The van der Waals surface area contributed by atoms with E-state index in [9.17, 15) is 4.79 Å². The van der Waals surface area contributed by atoms with Crippen molar-refractivity contribution in [2.24, 2.45) is 5.73 Å². The van der Waals surface area contributed by atoms with Gasteiger partial charge in [-0.2, -0.15) is 0 Å². The number of nitrogens with zero attached hydrogens (tertiary/aromatic N) is 1. The molecule has 1 aromatic carbocycles. The smallest absolute Gasteiger partial charge is 0.320 e. The molecule has 0 amide bonds. The average molecular weight is 431 g/mol. The first kappa shape index (κ1) is 17.8. The van der Waals surface area contributed by atoms with Crippen molar-refractivity contribution >= 4 is 57.4 Å². The molecule has 0 aromatic heterocycles. The lowest BCUT2D eigenvalue weighted by Crippen LogP contribution is -2.32. The zero-order valence-corrected chi connectivity index (χ0v) is 14.5. The van der Waals surface area contributed by atoms with Gasteiger partial charge < -0.3 is 15.7 Å². The molecule has 112 valence electrons. The molecule has 0 unspecified atom stereocenters. The van der Waals surface area contributed by atoms with E-state index in [1.54, 1.807) is 0 Å². The minimum absolute atomic E-state index is 0.318. The van der Waals surface area contributed by atoms with Gasteiger partial charge in [-0.1, -0.05) is 6.07 Å².